The van der Waals surface area contributed by atoms with Gasteiger partial charge in [-0.15, -0.1) is 0 Å². The Hall–Kier alpha value is -2.59. The summed E-state index contributed by atoms with van der Waals surface area (Å²) in [7, 11) is 1.95. The number of aromatic hydroxyl groups is 1. The Balaban J connectivity index is 2.39. The first-order chi connectivity index (χ1) is 11.5. The summed E-state index contributed by atoms with van der Waals surface area (Å²) < 4.78 is 0. The number of nitrogens with zero attached hydrogens (tertiary/aromatic N) is 2. The number of phenolic OH excluding ortho intramolecular Hbond substituents is 1. The standard InChI is InChI=1S/C20H24N2O2/c1-15(23)12-19(20(21-2)17-9-5-4-6-10-17)22(3)14-16-8-7-11-18(24)13-16/h4-11,13,15,23-24H,2,12,14H2,1,3H3/b20-19-. The van der Waals surface area contributed by atoms with Crippen LogP contribution in [0, 0.1) is 0 Å². The van der Waals surface area contributed by atoms with E-state index < -0.39 is 6.10 Å². The largest absolute Gasteiger partial charge is 0.508 e. The summed E-state index contributed by atoms with van der Waals surface area (Å²) >= 11 is 0. The molecule has 0 aliphatic rings. The fourth-order valence-corrected chi connectivity index (χ4v) is 2.68. The van der Waals surface area contributed by atoms with Gasteiger partial charge in [-0.25, -0.2) is 0 Å². The fourth-order valence-electron chi connectivity index (χ4n) is 2.68. The van der Waals surface area contributed by atoms with E-state index in [9.17, 15) is 10.2 Å². The van der Waals surface area contributed by atoms with Crippen molar-refractivity contribution in [2.24, 2.45) is 4.99 Å². The summed E-state index contributed by atoms with van der Waals surface area (Å²) in [5.41, 5.74) is 3.62. The quantitative estimate of drug-likeness (QED) is 0.764. The van der Waals surface area contributed by atoms with Gasteiger partial charge in [0.25, 0.3) is 0 Å². The Morgan fingerprint density at radius 3 is 2.46 bits per heavy atom. The normalized spacial score (nSPS) is 13.1. The molecule has 0 saturated carbocycles. The average molecular weight is 324 g/mol. The van der Waals surface area contributed by atoms with Crippen molar-refractivity contribution in [1.82, 2.24) is 4.90 Å². The molecule has 126 valence electrons. The van der Waals surface area contributed by atoms with Crippen LogP contribution >= 0.6 is 0 Å². The number of benzene rings is 2. The van der Waals surface area contributed by atoms with Gasteiger partial charge < -0.3 is 15.1 Å². The molecular formula is C20H24N2O2. The Morgan fingerprint density at radius 1 is 1.17 bits per heavy atom. The second-order valence-electron chi connectivity index (χ2n) is 5.90. The molecule has 0 aliphatic carbocycles. The van der Waals surface area contributed by atoms with Crippen molar-refractivity contribution in [3.8, 4) is 5.75 Å². The van der Waals surface area contributed by atoms with Gasteiger partial charge in [-0.2, -0.15) is 0 Å². The number of aliphatic imine (C=N–C) groups is 1. The SMILES string of the molecule is C=N/C(=C(/CC(C)O)N(C)Cc1cccc(O)c1)c1ccccc1. The van der Waals surface area contributed by atoms with Crippen LogP contribution in [0.1, 0.15) is 24.5 Å². The van der Waals surface area contributed by atoms with E-state index >= 15 is 0 Å². The Labute approximate surface area is 143 Å². The molecule has 2 aromatic carbocycles. The maximum Gasteiger partial charge on any atom is 0.115 e. The van der Waals surface area contributed by atoms with Crippen molar-refractivity contribution >= 4 is 12.4 Å². The molecule has 0 bridgehead atoms. The molecule has 0 radical (unpaired) electrons. The lowest BCUT2D eigenvalue weighted by Gasteiger charge is -2.26. The van der Waals surface area contributed by atoms with E-state index in [0.29, 0.717) is 13.0 Å². The number of aliphatic hydroxyl groups excluding tert-OH is 1. The van der Waals surface area contributed by atoms with Crippen molar-refractivity contribution in [2.75, 3.05) is 7.05 Å². The molecule has 2 aromatic rings. The van der Waals surface area contributed by atoms with Crippen molar-refractivity contribution in [1.29, 1.82) is 0 Å². The summed E-state index contributed by atoms with van der Waals surface area (Å²) in [5, 5.41) is 19.6. The summed E-state index contributed by atoms with van der Waals surface area (Å²) in [4.78, 5) is 6.26. The molecular weight excluding hydrogens is 300 g/mol. The van der Waals surface area contributed by atoms with E-state index in [2.05, 4.69) is 11.7 Å². The highest BCUT2D eigenvalue weighted by Crippen LogP contribution is 2.26. The average Bonchev–Trinajstić information content (AvgIpc) is 2.55. The minimum Gasteiger partial charge on any atom is -0.508 e. The molecule has 2 rings (SSSR count). The first-order valence-corrected chi connectivity index (χ1v) is 7.93. The maximum absolute atomic E-state index is 9.91. The highest BCUT2D eigenvalue weighted by atomic mass is 16.3. The van der Waals surface area contributed by atoms with Crippen LogP contribution in [0.15, 0.2) is 65.3 Å². The lowest BCUT2D eigenvalue weighted by molar-refractivity contribution is 0.183. The molecule has 0 aromatic heterocycles. The molecule has 0 amide bonds. The summed E-state index contributed by atoms with van der Waals surface area (Å²) in [6.07, 6.45) is -0.0226. The predicted molar refractivity (Wildman–Crippen MR) is 98.8 cm³/mol. The molecule has 4 nitrogen and oxygen atoms in total. The molecule has 0 saturated heterocycles. The minimum absolute atomic E-state index is 0.243. The summed E-state index contributed by atoms with van der Waals surface area (Å²) in [5.74, 6) is 0.243. The van der Waals surface area contributed by atoms with E-state index in [4.69, 9.17) is 0 Å². The lowest BCUT2D eigenvalue weighted by Crippen LogP contribution is -2.21. The maximum atomic E-state index is 9.91. The van der Waals surface area contributed by atoms with Gasteiger partial charge in [0.05, 0.1) is 11.8 Å². The number of aliphatic hydroxyl groups is 1. The monoisotopic (exact) mass is 324 g/mol. The molecule has 0 spiro atoms. The minimum atomic E-state index is -0.493. The van der Waals surface area contributed by atoms with Crippen molar-refractivity contribution in [3.05, 3.63) is 71.4 Å². The van der Waals surface area contributed by atoms with E-state index in [1.54, 1.807) is 19.1 Å². The van der Waals surface area contributed by atoms with Crippen LogP contribution in [-0.4, -0.2) is 35.0 Å². The summed E-state index contributed by atoms with van der Waals surface area (Å²) in [6, 6.07) is 17.0. The van der Waals surface area contributed by atoms with Gasteiger partial charge in [0, 0.05) is 31.3 Å². The van der Waals surface area contributed by atoms with E-state index in [1.165, 1.54) is 0 Å². The Morgan fingerprint density at radius 2 is 1.88 bits per heavy atom. The predicted octanol–water partition coefficient (Wildman–Crippen LogP) is 3.66. The molecule has 24 heavy (non-hydrogen) atoms. The highest BCUT2D eigenvalue weighted by molar-refractivity contribution is 5.70. The van der Waals surface area contributed by atoms with Crippen LogP contribution in [0.4, 0.5) is 0 Å². The van der Waals surface area contributed by atoms with Gasteiger partial charge in [-0.3, -0.25) is 4.99 Å². The van der Waals surface area contributed by atoms with E-state index in [-0.39, 0.29) is 5.75 Å². The number of phenols is 1. The van der Waals surface area contributed by atoms with Crippen LogP contribution < -0.4 is 0 Å². The molecule has 0 heterocycles. The second-order valence-corrected chi connectivity index (χ2v) is 5.90. The highest BCUT2D eigenvalue weighted by Gasteiger charge is 2.15. The Bertz CT molecular complexity index is 709. The fraction of sp³-hybridized carbons (Fsp3) is 0.250. The first kappa shape index (κ1) is 17.8. The van der Waals surface area contributed by atoms with Gasteiger partial charge in [0.2, 0.25) is 0 Å². The second kappa shape index (κ2) is 8.31. The zero-order valence-corrected chi connectivity index (χ0v) is 14.2. The van der Waals surface area contributed by atoms with E-state index in [1.807, 2.05) is 54.4 Å². The molecule has 0 aliphatic heterocycles. The van der Waals surface area contributed by atoms with Crippen LogP contribution in [0.2, 0.25) is 0 Å². The van der Waals surface area contributed by atoms with Gasteiger partial charge in [0.1, 0.15) is 5.75 Å². The molecule has 0 fully saturated rings. The summed E-state index contributed by atoms with van der Waals surface area (Å²) in [6.45, 7) is 6.07. The van der Waals surface area contributed by atoms with Gasteiger partial charge in [0.15, 0.2) is 0 Å². The third-order valence-electron chi connectivity index (χ3n) is 3.76. The molecule has 2 N–H and O–H groups in total. The third-order valence-corrected chi connectivity index (χ3v) is 3.76. The zero-order chi connectivity index (χ0) is 17.5. The van der Waals surface area contributed by atoms with Crippen molar-refractivity contribution in [2.45, 2.75) is 26.0 Å². The van der Waals surface area contributed by atoms with Gasteiger partial charge in [-0.05, 0) is 31.3 Å². The van der Waals surface area contributed by atoms with Crippen LogP contribution in [-0.2, 0) is 6.54 Å². The van der Waals surface area contributed by atoms with Crippen molar-refractivity contribution < 1.29 is 10.2 Å². The van der Waals surface area contributed by atoms with E-state index in [0.717, 1.165) is 22.5 Å². The topological polar surface area (TPSA) is 56.1 Å². The lowest BCUT2D eigenvalue weighted by atomic mass is 10.1. The van der Waals surface area contributed by atoms with Crippen LogP contribution in [0.5, 0.6) is 5.75 Å². The third kappa shape index (κ3) is 4.70. The van der Waals surface area contributed by atoms with Gasteiger partial charge >= 0.3 is 0 Å². The molecule has 4 heteroatoms. The number of rotatable bonds is 7. The van der Waals surface area contributed by atoms with Crippen molar-refractivity contribution in [3.63, 3.8) is 0 Å². The van der Waals surface area contributed by atoms with Crippen LogP contribution in [0.3, 0.4) is 0 Å². The zero-order valence-electron chi connectivity index (χ0n) is 14.2. The Kier molecular flexibility index (Phi) is 6.15. The first-order valence-electron chi connectivity index (χ1n) is 7.93. The van der Waals surface area contributed by atoms with Crippen LogP contribution in [0.25, 0.3) is 5.70 Å². The van der Waals surface area contributed by atoms with Gasteiger partial charge in [-0.1, -0.05) is 42.5 Å². The number of hydrogen-bond acceptors (Lipinski definition) is 4. The smallest absolute Gasteiger partial charge is 0.115 e. The molecule has 1 atom stereocenters. The number of hydrogen-bond donors (Lipinski definition) is 2. The molecule has 1 unspecified atom stereocenters.